The molecule has 23 heavy (non-hydrogen) atoms. The molecular formula is C18H21Cl2NO2. The maximum Gasteiger partial charge on any atom is 0.124 e. The zero-order valence-corrected chi connectivity index (χ0v) is 14.6. The Morgan fingerprint density at radius 1 is 1.09 bits per heavy atom. The fraction of sp³-hybridized carbons (Fsp3) is 0.333. The van der Waals surface area contributed by atoms with Crippen LogP contribution in [0.1, 0.15) is 24.5 Å². The fourth-order valence-corrected chi connectivity index (χ4v) is 2.48. The van der Waals surface area contributed by atoms with Gasteiger partial charge in [-0.2, -0.15) is 0 Å². The summed E-state index contributed by atoms with van der Waals surface area (Å²) in [6, 6.07) is 13.2. The van der Waals surface area contributed by atoms with Crippen LogP contribution >= 0.6 is 23.2 Å². The van der Waals surface area contributed by atoms with Crippen molar-refractivity contribution in [2.24, 2.45) is 0 Å². The van der Waals surface area contributed by atoms with Gasteiger partial charge >= 0.3 is 0 Å². The molecule has 0 fully saturated rings. The lowest BCUT2D eigenvalue weighted by molar-refractivity contribution is 0.237. The fourth-order valence-electron chi connectivity index (χ4n) is 2.16. The molecule has 1 unspecified atom stereocenters. The van der Waals surface area contributed by atoms with Crippen LogP contribution in [-0.2, 0) is 13.2 Å². The van der Waals surface area contributed by atoms with Crippen molar-refractivity contribution in [3.63, 3.8) is 0 Å². The number of rotatable bonds is 8. The average Bonchev–Trinajstić information content (AvgIpc) is 2.56. The minimum absolute atomic E-state index is 0.0677. The molecule has 0 aromatic heterocycles. The molecule has 2 aromatic carbocycles. The number of hydrogen-bond acceptors (Lipinski definition) is 3. The Labute approximate surface area is 147 Å². The van der Waals surface area contributed by atoms with Crippen LogP contribution in [0.15, 0.2) is 42.5 Å². The summed E-state index contributed by atoms with van der Waals surface area (Å²) in [5.74, 6) is 0.782. The van der Waals surface area contributed by atoms with Gasteiger partial charge in [-0.25, -0.2) is 0 Å². The highest BCUT2D eigenvalue weighted by molar-refractivity contribution is 6.30. The average molecular weight is 354 g/mol. The molecule has 0 aliphatic heterocycles. The summed E-state index contributed by atoms with van der Waals surface area (Å²) in [5.41, 5.74) is 2.02. The third kappa shape index (κ3) is 5.70. The van der Waals surface area contributed by atoms with Crippen LogP contribution in [-0.4, -0.2) is 17.8 Å². The predicted octanol–water partition coefficient (Wildman–Crippen LogP) is 4.43. The van der Waals surface area contributed by atoms with Crippen molar-refractivity contribution in [2.75, 3.05) is 6.61 Å². The third-order valence-corrected chi connectivity index (χ3v) is 4.11. The van der Waals surface area contributed by atoms with E-state index in [0.29, 0.717) is 23.2 Å². The lowest BCUT2D eigenvalue weighted by Crippen LogP contribution is -2.31. The number of aliphatic hydroxyl groups is 1. The summed E-state index contributed by atoms with van der Waals surface area (Å²) in [5, 5.41) is 13.9. The quantitative estimate of drug-likeness (QED) is 0.737. The SMILES string of the molecule is CCC(CO)NCc1cc(Cl)ccc1OCc1ccc(Cl)cc1. The lowest BCUT2D eigenvalue weighted by atomic mass is 10.1. The van der Waals surface area contributed by atoms with Crippen LogP contribution in [0, 0.1) is 0 Å². The molecule has 2 rings (SSSR count). The summed E-state index contributed by atoms with van der Waals surface area (Å²) in [6.07, 6.45) is 0.859. The Morgan fingerprint density at radius 2 is 1.78 bits per heavy atom. The molecule has 0 amide bonds. The van der Waals surface area contributed by atoms with E-state index >= 15 is 0 Å². The van der Waals surface area contributed by atoms with Crippen molar-refractivity contribution in [3.8, 4) is 5.75 Å². The van der Waals surface area contributed by atoms with Gasteiger partial charge in [-0.15, -0.1) is 0 Å². The van der Waals surface area contributed by atoms with Gasteiger partial charge in [0.1, 0.15) is 12.4 Å². The summed E-state index contributed by atoms with van der Waals surface area (Å²) in [6.45, 7) is 3.19. The first-order chi connectivity index (χ1) is 11.1. The molecule has 2 aromatic rings. The smallest absolute Gasteiger partial charge is 0.124 e. The van der Waals surface area contributed by atoms with Gasteiger partial charge in [0.05, 0.1) is 6.61 Å². The van der Waals surface area contributed by atoms with Gasteiger partial charge in [0.25, 0.3) is 0 Å². The molecule has 1 atom stereocenters. The molecule has 124 valence electrons. The number of nitrogens with one attached hydrogen (secondary N) is 1. The topological polar surface area (TPSA) is 41.5 Å². The maximum atomic E-state index is 9.27. The van der Waals surface area contributed by atoms with Gasteiger partial charge in [0.15, 0.2) is 0 Å². The zero-order chi connectivity index (χ0) is 16.7. The van der Waals surface area contributed by atoms with Gasteiger partial charge in [-0.1, -0.05) is 42.3 Å². The summed E-state index contributed by atoms with van der Waals surface area (Å²) < 4.78 is 5.91. The summed E-state index contributed by atoms with van der Waals surface area (Å²) in [4.78, 5) is 0. The van der Waals surface area contributed by atoms with E-state index in [1.54, 1.807) is 0 Å². The Morgan fingerprint density at radius 3 is 2.43 bits per heavy atom. The zero-order valence-electron chi connectivity index (χ0n) is 13.1. The van der Waals surface area contributed by atoms with E-state index in [0.717, 1.165) is 23.3 Å². The van der Waals surface area contributed by atoms with Crippen LogP contribution in [0.2, 0.25) is 10.0 Å². The highest BCUT2D eigenvalue weighted by Gasteiger charge is 2.09. The van der Waals surface area contributed by atoms with E-state index in [1.807, 2.05) is 49.4 Å². The van der Waals surface area contributed by atoms with E-state index in [1.165, 1.54) is 0 Å². The number of aliphatic hydroxyl groups excluding tert-OH is 1. The molecule has 0 aliphatic rings. The Balaban J connectivity index is 2.04. The number of benzene rings is 2. The lowest BCUT2D eigenvalue weighted by Gasteiger charge is -2.17. The second-order valence-corrected chi connectivity index (χ2v) is 6.21. The van der Waals surface area contributed by atoms with Crippen LogP contribution in [0.5, 0.6) is 5.75 Å². The first kappa shape index (κ1) is 18.1. The van der Waals surface area contributed by atoms with Crippen LogP contribution in [0.25, 0.3) is 0 Å². The standard InChI is InChI=1S/C18H21Cl2NO2/c1-2-17(11-22)21-10-14-9-16(20)7-8-18(14)23-12-13-3-5-15(19)6-4-13/h3-9,17,21-22H,2,10-12H2,1H3. The monoisotopic (exact) mass is 353 g/mol. The van der Waals surface area contributed by atoms with E-state index in [-0.39, 0.29) is 12.6 Å². The molecule has 5 heteroatoms. The molecule has 0 bridgehead atoms. The second kappa shape index (κ2) is 9.14. The molecule has 0 saturated carbocycles. The number of ether oxygens (including phenoxy) is 1. The van der Waals surface area contributed by atoms with Gasteiger partial charge in [-0.05, 0) is 42.3 Å². The van der Waals surface area contributed by atoms with E-state index in [2.05, 4.69) is 5.32 Å². The van der Waals surface area contributed by atoms with Crippen LogP contribution in [0.3, 0.4) is 0 Å². The highest BCUT2D eigenvalue weighted by Crippen LogP contribution is 2.24. The molecule has 0 saturated heterocycles. The van der Waals surface area contributed by atoms with Crippen molar-refractivity contribution >= 4 is 23.2 Å². The summed E-state index contributed by atoms with van der Waals surface area (Å²) >= 11 is 12.0. The number of halogens is 2. The van der Waals surface area contributed by atoms with Crippen LogP contribution in [0.4, 0.5) is 0 Å². The van der Waals surface area contributed by atoms with Crippen molar-refractivity contribution in [1.29, 1.82) is 0 Å². The molecule has 3 nitrogen and oxygen atoms in total. The first-order valence-electron chi connectivity index (χ1n) is 7.62. The summed E-state index contributed by atoms with van der Waals surface area (Å²) in [7, 11) is 0. The predicted molar refractivity (Wildman–Crippen MR) is 95.2 cm³/mol. The van der Waals surface area contributed by atoms with E-state index in [4.69, 9.17) is 27.9 Å². The molecule has 0 aliphatic carbocycles. The van der Waals surface area contributed by atoms with E-state index < -0.39 is 0 Å². The maximum absolute atomic E-state index is 9.27. The normalized spacial score (nSPS) is 12.2. The third-order valence-electron chi connectivity index (χ3n) is 3.62. The Bertz CT molecular complexity index is 613. The molecule has 0 radical (unpaired) electrons. The van der Waals surface area contributed by atoms with Gasteiger partial charge in [-0.3, -0.25) is 0 Å². The molecule has 0 spiro atoms. The molecular weight excluding hydrogens is 333 g/mol. The van der Waals surface area contributed by atoms with E-state index in [9.17, 15) is 5.11 Å². The van der Waals surface area contributed by atoms with Crippen molar-refractivity contribution in [1.82, 2.24) is 5.32 Å². The van der Waals surface area contributed by atoms with Gasteiger partial charge in [0.2, 0.25) is 0 Å². The molecule has 2 N–H and O–H groups in total. The largest absolute Gasteiger partial charge is 0.489 e. The highest BCUT2D eigenvalue weighted by atomic mass is 35.5. The van der Waals surface area contributed by atoms with Crippen molar-refractivity contribution in [2.45, 2.75) is 32.5 Å². The first-order valence-corrected chi connectivity index (χ1v) is 8.38. The Kier molecular flexibility index (Phi) is 7.18. The van der Waals surface area contributed by atoms with Crippen molar-refractivity contribution < 1.29 is 9.84 Å². The number of hydrogen-bond donors (Lipinski definition) is 2. The van der Waals surface area contributed by atoms with Crippen molar-refractivity contribution in [3.05, 3.63) is 63.6 Å². The van der Waals surface area contributed by atoms with Gasteiger partial charge in [0, 0.05) is 28.2 Å². The Hall–Kier alpha value is -1.26. The van der Waals surface area contributed by atoms with Crippen LogP contribution < -0.4 is 10.1 Å². The second-order valence-electron chi connectivity index (χ2n) is 5.34. The van der Waals surface area contributed by atoms with Gasteiger partial charge < -0.3 is 15.2 Å². The minimum atomic E-state index is 0.0677. The molecule has 0 heterocycles. The minimum Gasteiger partial charge on any atom is -0.489 e.